The van der Waals surface area contributed by atoms with Crippen molar-refractivity contribution < 1.29 is 9.53 Å². The number of aromatic nitrogens is 2. The van der Waals surface area contributed by atoms with Crippen LogP contribution in [-0.2, 0) is 9.53 Å². The van der Waals surface area contributed by atoms with Gasteiger partial charge in [0.15, 0.2) is 5.11 Å². The molecule has 2 atom stereocenters. The number of halogens is 2. The highest BCUT2D eigenvalue weighted by molar-refractivity contribution is 7.80. The van der Waals surface area contributed by atoms with E-state index >= 15 is 0 Å². The highest BCUT2D eigenvalue weighted by Gasteiger charge is 2.42. The Kier molecular flexibility index (Phi) is 7.43. The van der Waals surface area contributed by atoms with Gasteiger partial charge >= 0.3 is 0 Å². The Morgan fingerprint density at radius 1 is 1.11 bits per heavy atom. The summed E-state index contributed by atoms with van der Waals surface area (Å²) in [5.74, 6) is -0.223. The number of amides is 1. The smallest absolute Gasteiger partial charge is 0.250 e. The van der Waals surface area contributed by atoms with Crippen molar-refractivity contribution >= 4 is 57.8 Å². The number of rotatable bonds is 7. The lowest BCUT2D eigenvalue weighted by molar-refractivity contribution is -0.119. The third kappa shape index (κ3) is 5.19. The van der Waals surface area contributed by atoms with Crippen LogP contribution in [0.3, 0.4) is 0 Å². The normalized spacial score (nSPS) is 17.1. The molecule has 1 fully saturated rings. The molecule has 1 aliphatic heterocycles. The minimum Gasteiger partial charge on any atom is -0.375 e. The number of nitrogens with zero attached hydrogens (tertiary/aromatic N) is 3. The summed E-state index contributed by atoms with van der Waals surface area (Å²) in [6.45, 7) is -0.0139. The molecule has 5 rings (SSSR count). The van der Waals surface area contributed by atoms with E-state index in [0.717, 1.165) is 22.8 Å². The van der Waals surface area contributed by atoms with Crippen LogP contribution in [0.4, 0.5) is 11.4 Å². The minimum atomic E-state index is -0.252. The molecule has 1 saturated heterocycles. The Balaban J connectivity index is 1.57. The van der Waals surface area contributed by atoms with Crippen molar-refractivity contribution in [2.45, 2.75) is 12.1 Å². The van der Waals surface area contributed by atoms with Gasteiger partial charge in [-0.2, -0.15) is 0 Å². The van der Waals surface area contributed by atoms with Crippen molar-refractivity contribution in [1.82, 2.24) is 14.9 Å². The van der Waals surface area contributed by atoms with Crippen LogP contribution in [0.5, 0.6) is 0 Å². The first-order valence-corrected chi connectivity index (χ1v) is 12.6. The van der Waals surface area contributed by atoms with E-state index in [0.29, 0.717) is 20.8 Å². The van der Waals surface area contributed by atoms with Crippen LogP contribution in [0, 0.1) is 0 Å². The monoisotopic (exact) mass is 551 g/mol. The first kappa shape index (κ1) is 25.2. The summed E-state index contributed by atoms with van der Waals surface area (Å²) in [6, 6.07) is 22.3. The lowest BCUT2D eigenvalue weighted by Crippen LogP contribution is -2.30. The zero-order valence-corrected chi connectivity index (χ0v) is 22.1. The standard InChI is InChI=1S/C27H23Cl2N5O2S/c1-36-16-24(35)31-18-8-10-19(11-9-18)34-26(25(32-27(34)37)21-5-2-3-13-30-21)23-6-4-14-33(23)22-12-7-17(28)15-20(22)29/h2-15,25-26H,16H2,1H3,(H,31,35)(H,32,37)/t25-,26-/m0/s1. The average Bonchev–Trinajstić information content (AvgIpc) is 3.49. The van der Waals surface area contributed by atoms with Gasteiger partial charge in [-0.25, -0.2) is 0 Å². The van der Waals surface area contributed by atoms with Crippen LogP contribution >= 0.6 is 35.4 Å². The summed E-state index contributed by atoms with van der Waals surface area (Å²) in [5.41, 5.74) is 4.15. The molecule has 0 spiro atoms. The van der Waals surface area contributed by atoms with Gasteiger partial charge in [0.2, 0.25) is 5.91 Å². The van der Waals surface area contributed by atoms with Crippen LogP contribution in [0.25, 0.3) is 5.69 Å². The lowest BCUT2D eigenvalue weighted by atomic mass is 10.0. The molecule has 1 aliphatic rings. The number of pyridine rings is 1. The topological polar surface area (TPSA) is 71.4 Å². The van der Waals surface area contributed by atoms with Gasteiger partial charge in [0, 0.05) is 41.6 Å². The van der Waals surface area contributed by atoms with Crippen molar-refractivity contribution in [3.05, 3.63) is 107 Å². The van der Waals surface area contributed by atoms with Gasteiger partial charge in [-0.3, -0.25) is 9.78 Å². The number of methoxy groups -OCH3 is 1. The lowest BCUT2D eigenvalue weighted by Gasteiger charge is -2.29. The second kappa shape index (κ2) is 10.9. The molecule has 10 heteroatoms. The Morgan fingerprint density at radius 2 is 1.92 bits per heavy atom. The van der Waals surface area contributed by atoms with Gasteiger partial charge in [-0.1, -0.05) is 29.3 Å². The zero-order chi connectivity index (χ0) is 25.9. The SMILES string of the molecule is COCC(=O)Nc1ccc(N2C(=S)N[C@@H](c3ccccn3)[C@@H]2c2cccn2-c2ccc(Cl)cc2Cl)cc1. The number of hydrogen-bond donors (Lipinski definition) is 2. The van der Waals surface area contributed by atoms with Gasteiger partial charge < -0.3 is 24.8 Å². The first-order valence-electron chi connectivity index (χ1n) is 11.5. The molecule has 188 valence electrons. The number of nitrogens with one attached hydrogen (secondary N) is 2. The first-order chi connectivity index (χ1) is 18.0. The van der Waals surface area contributed by atoms with E-state index in [1.165, 1.54) is 7.11 Å². The molecule has 1 amide bonds. The maximum Gasteiger partial charge on any atom is 0.250 e. The van der Waals surface area contributed by atoms with Crippen LogP contribution in [-0.4, -0.2) is 34.3 Å². The van der Waals surface area contributed by atoms with Gasteiger partial charge in [0.25, 0.3) is 0 Å². The Labute approximate surface area is 230 Å². The Morgan fingerprint density at radius 3 is 2.62 bits per heavy atom. The second-order valence-corrected chi connectivity index (χ2v) is 9.65. The van der Waals surface area contributed by atoms with E-state index < -0.39 is 0 Å². The summed E-state index contributed by atoms with van der Waals surface area (Å²) in [5, 5.41) is 7.95. The third-order valence-corrected chi connectivity index (χ3v) is 6.91. The largest absolute Gasteiger partial charge is 0.375 e. The van der Waals surface area contributed by atoms with Crippen LogP contribution in [0.15, 0.2) is 85.2 Å². The average molecular weight is 552 g/mol. The summed E-state index contributed by atoms with van der Waals surface area (Å²) in [6.07, 6.45) is 3.74. The maximum absolute atomic E-state index is 11.9. The van der Waals surface area contributed by atoms with E-state index in [4.69, 9.17) is 40.2 Å². The van der Waals surface area contributed by atoms with Crippen molar-refractivity contribution in [1.29, 1.82) is 0 Å². The fraction of sp³-hybridized carbons (Fsp3) is 0.148. The number of anilines is 2. The molecule has 2 aromatic heterocycles. The van der Waals surface area contributed by atoms with Gasteiger partial charge in [-0.05, 0) is 78.9 Å². The number of ether oxygens (including phenoxy) is 1. The fourth-order valence-corrected chi connectivity index (χ4v) is 5.34. The molecule has 2 aromatic carbocycles. The molecule has 3 heterocycles. The Hall–Kier alpha value is -3.43. The van der Waals surface area contributed by atoms with Gasteiger partial charge in [0.05, 0.1) is 22.4 Å². The van der Waals surface area contributed by atoms with E-state index in [1.807, 2.05) is 77.5 Å². The molecule has 0 aliphatic carbocycles. The molecule has 0 saturated carbocycles. The predicted molar refractivity (Wildman–Crippen MR) is 151 cm³/mol. The molecule has 0 radical (unpaired) electrons. The van der Waals surface area contributed by atoms with Crippen LogP contribution in [0.1, 0.15) is 23.5 Å². The Bertz CT molecular complexity index is 1430. The highest BCUT2D eigenvalue weighted by Crippen LogP contribution is 2.43. The van der Waals surface area contributed by atoms with Crippen molar-refractivity contribution in [2.75, 3.05) is 23.9 Å². The zero-order valence-electron chi connectivity index (χ0n) is 19.8. The molecule has 37 heavy (non-hydrogen) atoms. The number of hydrogen-bond acceptors (Lipinski definition) is 4. The summed E-state index contributed by atoms with van der Waals surface area (Å²) in [7, 11) is 1.48. The van der Waals surface area contributed by atoms with Gasteiger partial charge in [0.1, 0.15) is 12.6 Å². The number of carbonyl (C=O) groups is 1. The van der Waals surface area contributed by atoms with E-state index in [-0.39, 0.29) is 24.6 Å². The quantitative estimate of drug-likeness (QED) is 0.277. The maximum atomic E-state index is 11.9. The summed E-state index contributed by atoms with van der Waals surface area (Å²) in [4.78, 5) is 18.6. The van der Waals surface area contributed by atoms with E-state index in [1.54, 1.807) is 12.3 Å². The van der Waals surface area contributed by atoms with E-state index in [9.17, 15) is 4.79 Å². The van der Waals surface area contributed by atoms with Crippen molar-refractivity contribution in [2.24, 2.45) is 0 Å². The molecule has 0 unspecified atom stereocenters. The minimum absolute atomic E-state index is 0.0139. The number of benzene rings is 2. The van der Waals surface area contributed by atoms with Crippen LogP contribution in [0.2, 0.25) is 10.0 Å². The number of carbonyl (C=O) groups excluding carboxylic acids is 1. The molecule has 7 nitrogen and oxygen atoms in total. The second-order valence-electron chi connectivity index (χ2n) is 8.42. The summed E-state index contributed by atoms with van der Waals surface area (Å²) < 4.78 is 6.94. The number of thiocarbonyl (C=S) groups is 1. The van der Waals surface area contributed by atoms with Crippen molar-refractivity contribution in [3.8, 4) is 5.69 Å². The third-order valence-electron chi connectivity index (χ3n) is 6.06. The highest BCUT2D eigenvalue weighted by atomic mass is 35.5. The van der Waals surface area contributed by atoms with Crippen molar-refractivity contribution in [3.63, 3.8) is 0 Å². The fourth-order valence-electron chi connectivity index (χ4n) is 4.50. The van der Waals surface area contributed by atoms with Crippen LogP contribution < -0.4 is 15.5 Å². The predicted octanol–water partition coefficient (Wildman–Crippen LogP) is 5.94. The molecule has 4 aromatic rings. The van der Waals surface area contributed by atoms with E-state index in [2.05, 4.69) is 20.5 Å². The van der Waals surface area contributed by atoms with Gasteiger partial charge in [-0.15, -0.1) is 0 Å². The molecular weight excluding hydrogens is 529 g/mol. The summed E-state index contributed by atoms with van der Waals surface area (Å²) >= 11 is 18.6. The molecule has 2 N–H and O–H groups in total. The molecule has 0 bridgehead atoms. The molecular formula is C27H23Cl2N5O2S.